The first-order valence-electron chi connectivity index (χ1n) is 6.61. The van der Waals surface area contributed by atoms with Crippen molar-refractivity contribution in [2.24, 2.45) is 0 Å². The lowest BCUT2D eigenvalue weighted by molar-refractivity contribution is 0.218. The van der Waals surface area contributed by atoms with Crippen LogP contribution in [-0.4, -0.2) is 9.97 Å². The van der Waals surface area contributed by atoms with Crippen LogP contribution in [0, 0.1) is 12.7 Å². The van der Waals surface area contributed by atoms with Crippen LogP contribution in [0.3, 0.4) is 0 Å². The molecule has 0 fully saturated rings. The quantitative estimate of drug-likeness (QED) is 0.754. The number of aromatic nitrogens is 2. The third kappa shape index (κ3) is 2.85. The molecule has 108 valence electrons. The van der Waals surface area contributed by atoms with Gasteiger partial charge in [-0.25, -0.2) is 9.37 Å². The number of fused-ring (bicyclic) bond motifs is 1. The van der Waals surface area contributed by atoms with Gasteiger partial charge in [-0.1, -0.05) is 11.6 Å². The third-order valence-electron chi connectivity index (χ3n) is 3.29. The molecule has 1 heterocycles. The summed E-state index contributed by atoms with van der Waals surface area (Å²) in [5, 5.41) is 0.703. The van der Waals surface area contributed by atoms with Crippen molar-refractivity contribution in [3.05, 3.63) is 58.6 Å². The van der Waals surface area contributed by atoms with Gasteiger partial charge in [-0.2, -0.15) is 0 Å². The fraction of sp³-hybridized carbons (Fsp3) is 0.188. The molecule has 3 rings (SSSR count). The Morgan fingerprint density at radius 3 is 2.81 bits per heavy atom. The van der Waals surface area contributed by atoms with Gasteiger partial charge in [0, 0.05) is 5.02 Å². The van der Waals surface area contributed by atoms with Crippen LogP contribution in [0.25, 0.3) is 11.0 Å². The van der Waals surface area contributed by atoms with Crippen molar-refractivity contribution in [3.8, 4) is 5.75 Å². The zero-order valence-corrected chi connectivity index (χ0v) is 12.4. The Balaban J connectivity index is 1.85. The van der Waals surface area contributed by atoms with Crippen molar-refractivity contribution in [3.63, 3.8) is 0 Å². The lowest BCUT2D eigenvalue weighted by atomic mass is 10.2. The maximum absolute atomic E-state index is 13.2. The highest BCUT2D eigenvalue weighted by Gasteiger charge is 2.13. The van der Waals surface area contributed by atoms with Gasteiger partial charge in [0.05, 0.1) is 11.0 Å². The smallest absolute Gasteiger partial charge is 0.153 e. The molecule has 1 atom stereocenters. The lowest BCUT2D eigenvalue weighted by Gasteiger charge is -2.13. The fourth-order valence-corrected chi connectivity index (χ4v) is 2.26. The van der Waals surface area contributed by atoms with Crippen molar-refractivity contribution in [2.75, 3.05) is 0 Å². The highest BCUT2D eigenvalue weighted by molar-refractivity contribution is 6.31. The van der Waals surface area contributed by atoms with Gasteiger partial charge in [0.15, 0.2) is 6.10 Å². The minimum atomic E-state index is -0.292. The minimum Gasteiger partial charge on any atom is -0.483 e. The average Bonchev–Trinajstić information content (AvgIpc) is 2.86. The van der Waals surface area contributed by atoms with E-state index in [1.807, 2.05) is 26.0 Å². The third-order valence-corrected chi connectivity index (χ3v) is 3.71. The number of hydrogen-bond donors (Lipinski definition) is 1. The monoisotopic (exact) mass is 304 g/mol. The van der Waals surface area contributed by atoms with Crippen LogP contribution in [-0.2, 0) is 0 Å². The van der Waals surface area contributed by atoms with Gasteiger partial charge in [-0.05, 0) is 55.8 Å². The molecule has 0 aliphatic carbocycles. The summed E-state index contributed by atoms with van der Waals surface area (Å²) in [7, 11) is 0. The van der Waals surface area contributed by atoms with Gasteiger partial charge in [-0.15, -0.1) is 0 Å². The molecule has 0 saturated heterocycles. The molecule has 3 aromatic rings. The van der Waals surface area contributed by atoms with Gasteiger partial charge < -0.3 is 9.72 Å². The topological polar surface area (TPSA) is 37.9 Å². The van der Waals surface area contributed by atoms with E-state index in [2.05, 4.69) is 9.97 Å². The summed E-state index contributed by atoms with van der Waals surface area (Å²) in [6.45, 7) is 3.81. The zero-order chi connectivity index (χ0) is 15.0. The molecule has 1 aromatic heterocycles. The number of nitrogens with one attached hydrogen (secondary N) is 1. The van der Waals surface area contributed by atoms with E-state index in [0.29, 0.717) is 21.9 Å². The van der Waals surface area contributed by atoms with Crippen molar-refractivity contribution < 1.29 is 9.13 Å². The minimum absolute atomic E-state index is 0.277. The van der Waals surface area contributed by atoms with Crippen LogP contribution in [0.15, 0.2) is 36.4 Å². The van der Waals surface area contributed by atoms with Crippen LogP contribution >= 0.6 is 11.6 Å². The van der Waals surface area contributed by atoms with Crippen molar-refractivity contribution in [1.82, 2.24) is 9.97 Å². The molecular weight excluding hydrogens is 291 g/mol. The standard InChI is InChI=1S/C16H14ClFN2O/c1-9-7-12(4-5-13(9)17)21-10(2)16-19-14-6-3-11(18)8-15(14)20-16/h3-8,10H,1-2H3,(H,19,20)/t10-/m1/s1. The van der Waals surface area contributed by atoms with Gasteiger partial charge >= 0.3 is 0 Å². The Morgan fingerprint density at radius 1 is 1.24 bits per heavy atom. The normalized spacial score (nSPS) is 12.6. The summed E-state index contributed by atoms with van der Waals surface area (Å²) in [5.74, 6) is 1.08. The van der Waals surface area contributed by atoms with E-state index in [1.165, 1.54) is 12.1 Å². The maximum atomic E-state index is 13.2. The van der Waals surface area contributed by atoms with Crippen LogP contribution in [0.4, 0.5) is 4.39 Å². The summed E-state index contributed by atoms with van der Waals surface area (Å²) < 4.78 is 19.0. The Morgan fingerprint density at radius 2 is 2.05 bits per heavy atom. The van der Waals surface area contributed by atoms with Crippen LogP contribution in [0.5, 0.6) is 5.75 Å². The molecule has 0 unspecified atom stereocenters. The first-order valence-corrected chi connectivity index (χ1v) is 6.99. The number of H-pyrrole nitrogens is 1. The lowest BCUT2D eigenvalue weighted by Crippen LogP contribution is -2.05. The Kier molecular flexibility index (Phi) is 3.55. The first kappa shape index (κ1) is 13.9. The highest BCUT2D eigenvalue weighted by atomic mass is 35.5. The molecule has 21 heavy (non-hydrogen) atoms. The number of aromatic amines is 1. The van der Waals surface area contributed by atoms with E-state index < -0.39 is 0 Å². The van der Waals surface area contributed by atoms with Gasteiger partial charge in [0.25, 0.3) is 0 Å². The van der Waals surface area contributed by atoms with Crippen LogP contribution in [0.2, 0.25) is 5.02 Å². The summed E-state index contributed by atoms with van der Waals surface area (Å²) >= 11 is 5.99. The predicted molar refractivity (Wildman–Crippen MR) is 81.3 cm³/mol. The molecule has 1 N–H and O–H groups in total. The number of aryl methyl sites for hydroxylation is 1. The molecule has 0 bridgehead atoms. The second-order valence-corrected chi connectivity index (χ2v) is 5.36. The molecule has 3 nitrogen and oxygen atoms in total. The van der Waals surface area contributed by atoms with Crippen molar-refractivity contribution >= 4 is 22.6 Å². The van der Waals surface area contributed by atoms with Crippen molar-refractivity contribution in [2.45, 2.75) is 20.0 Å². The number of nitrogens with zero attached hydrogens (tertiary/aromatic N) is 1. The molecule has 0 aliphatic rings. The second kappa shape index (κ2) is 5.37. The van der Waals surface area contributed by atoms with E-state index in [0.717, 1.165) is 11.3 Å². The zero-order valence-electron chi connectivity index (χ0n) is 11.7. The van der Waals surface area contributed by atoms with Crippen molar-refractivity contribution in [1.29, 1.82) is 0 Å². The Hall–Kier alpha value is -2.07. The van der Waals surface area contributed by atoms with Crippen LogP contribution < -0.4 is 4.74 Å². The Labute approximate surface area is 126 Å². The number of halogens is 2. The first-order chi connectivity index (χ1) is 10.0. The molecule has 2 aromatic carbocycles. The largest absolute Gasteiger partial charge is 0.483 e. The van der Waals surface area contributed by atoms with E-state index in [9.17, 15) is 4.39 Å². The highest BCUT2D eigenvalue weighted by Crippen LogP contribution is 2.26. The maximum Gasteiger partial charge on any atom is 0.153 e. The SMILES string of the molecule is Cc1cc(O[C@H](C)c2nc3ccc(F)cc3[nH]2)ccc1Cl. The van der Waals surface area contributed by atoms with E-state index in [1.54, 1.807) is 12.1 Å². The molecule has 0 spiro atoms. The van der Waals surface area contributed by atoms with Gasteiger partial charge in [-0.3, -0.25) is 0 Å². The summed E-state index contributed by atoms with van der Waals surface area (Å²) in [6.07, 6.45) is -0.277. The number of rotatable bonds is 3. The van der Waals surface area contributed by atoms with E-state index in [4.69, 9.17) is 16.3 Å². The van der Waals surface area contributed by atoms with Gasteiger partial charge in [0.1, 0.15) is 17.4 Å². The molecular formula is C16H14ClFN2O. The molecule has 5 heteroatoms. The molecule has 0 aliphatic heterocycles. The molecule has 0 radical (unpaired) electrons. The predicted octanol–water partition coefficient (Wildman–Crippen LogP) is 4.80. The Bertz CT molecular complexity index is 800. The van der Waals surface area contributed by atoms with Gasteiger partial charge in [0.2, 0.25) is 0 Å². The van der Waals surface area contributed by atoms with E-state index in [-0.39, 0.29) is 11.9 Å². The summed E-state index contributed by atoms with van der Waals surface area (Å²) in [4.78, 5) is 7.50. The summed E-state index contributed by atoms with van der Waals surface area (Å²) in [6, 6.07) is 9.94. The average molecular weight is 305 g/mol. The number of hydrogen-bond acceptors (Lipinski definition) is 2. The number of ether oxygens (including phenoxy) is 1. The fourth-order valence-electron chi connectivity index (χ4n) is 2.14. The number of benzene rings is 2. The molecule has 0 amide bonds. The summed E-state index contributed by atoms with van der Waals surface area (Å²) in [5.41, 5.74) is 2.33. The second-order valence-electron chi connectivity index (χ2n) is 4.95. The van der Waals surface area contributed by atoms with E-state index >= 15 is 0 Å². The van der Waals surface area contributed by atoms with Crippen LogP contribution in [0.1, 0.15) is 24.4 Å². The number of imidazole rings is 1. The molecule has 0 saturated carbocycles.